The highest BCUT2D eigenvalue weighted by Crippen LogP contribution is 2.21. The topological polar surface area (TPSA) is 119 Å². The quantitative estimate of drug-likeness (QED) is 0.308. The minimum Gasteiger partial charge on any atom is -0.383 e. The Morgan fingerprint density at radius 3 is 2.46 bits per heavy atom. The second-order valence-corrected chi connectivity index (χ2v) is 11.4. The van der Waals surface area contributed by atoms with Crippen LogP contribution in [-0.4, -0.2) is 37.4 Å². The van der Waals surface area contributed by atoms with E-state index in [-0.39, 0.29) is 29.9 Å². The summed E-state index contributed by atoms with van der Waals surface area (Å²) in [4.78, 5) is 30.3. The molecule has 0 unspecified atom stereocenters. The average molecular weight is 552 g/mol. The Morgan fingerprint density at radius 1 is 0.949 bits per heavy atom. The molecule has 0 fully saturated rings. The maximum absolute atomic E-state index is 13.8. The molecule has 0 spiro atoms. The fourth-order valence-electron chi connectivity index (χ4n) is 4.31. The maximum Gasteiger partial charge on any atom is 0.225 e. The Bertz CT molecular complexity index is 1660. The Labute approximate surface area is 225 Å². The molecule has 39 heavy (non-hydrogen) atoms. The molecule has 4 aromatic rings. The number of aromatic nitrogens is 1. The van der Waals surface area contributed by atoms with Crippen molar-refractivity contribution in [2.24, 2.45) is 0 Å². The number of hydrogen-bond donors (Lipinski definition) is 2. The first kappa shape index (κ1) is 27.8. The van der Waals surface area contributed by atoms with Crippen molar-refractivity contribution in [3.63, 3.8) is 0 Å². The molecule has 3 N–H and O–H groups in total. The molecule has 202 valence electrons. The lowest BCUT2D eigenvalue weighted by Crippen LogP contribution is -2.43. The number of ketones is 1. The van der Waals surface area contributed by atoms with E-state index in [1.54, 1.807) is 12.3 Å². The largest absolute Gasteiger partial charge is 0.383 e. The van der Waals surface area contributed by atoms with Gasteiger partial charge in [0, 0.05) is 24.3 Å². The van der Waals surface area contributed by atoms with Crippen LogP contribution in [-0.2, 0) is 38.7 Å². The molecule has 1 atom stereocenters. The van der Waals surface area contributed by atoms with Gasteiger partial charge in [-0.3, -0.25) is 9.59 Å². The number of pyridine rings is 1. The summed E-state index contributed by atoms with van der Waals surface area (Å²) in [6.45, 7) is 0. The summed E-state index contributed by atoms with van der Waals surface area (Å²) in [5.74, 6) is -2.44. The molecular weight excluding hydrogens is 524 g/mol. The summed E-state index contributed by atoms with van der Waals surface area (Å²) in [6.07, 6.45) is 2.95. The fourth-order valence-corrected chi connectivity index (χ4v) is 5.00. The highest BCUT2D eigenvalue weighted by Gasteiger charge is 2.22. The molecule has 0 saturated carbocycles. The van der Waals surface area contributed by atoms with Crippen LogP contribution in [0.5, 0.6) is 0 Å². The van der Waals surface area contributed by atoms with Crippen LogP contribution in [0.1, 0.15) is 23.1 Å². The van der Waals surface area contributed by atoms with Crippen molar-refractivity contribution < 1.29 is 26.8 Å². The van der Waals surface area contributed by atoms with Gasteiger partial charge in [-0.2, -0.15) is 0 Å². The Morgan fingerprint density at radius 2 is 1.72 bits per heavy atom. The second-order valence-electron chi connectivity index (χ2n) is 9.39. The third-order valence-electron chi connectivity index (χ3n) is 6.36. The number of rotatable bonds is 10. The van der Waals surface area contributed by atoms with Crippen molar-refractivity contribution >= 4 is 38.1 Å². The summed E-state index contributed by atoms with van der Waals surface area (Å²) >= 11 is 0. The number of sulfone groups is 1. The first-order chi connectivity index (χ1) is 18.5. The van der Waals surface area contributed by atoms with Crippen LogP contribution in [0, 0.1) is 11.6 Å². The molecule has 0 radical (unpaired) electrons. The van der Waals surface area contributed by atoms with Crippen molar-refractivity contribution in [2.45, 2.75) is 36.6 Å². The molecule has 1 aromatic heterocycles. The van der Waals surface area contributed by atoms with E-state index in [1.807, 2.05) is 24.3 Å². The molecule has 0 aliphatic rings. The van der Waals surface area contributed by atoms with Crippen LogP contribution >= 0.6 is 0 Å². The van der Waals surface area contributed by atoms with Crippen LogP contribution in [0.15, 0.2) is 77.8 Å². The van der Waals surface area contributed by atoms with Crippen LogP contribution in [0.4, 0.5) is 14.6 Å². The van der Waals surface area contributed by atoms with E-state index >= 15 is 0 Å². The van der Waals surface area contributed by atoms with Crippen molar-refractivity contribution in [3.8, 4) is 0 Å². The van der Waals surface area contributed by atoms with Gasteiger partial charge in [0.15, 0.2) is 27.3 Å². The highest BCUT2D eigenvalue weighted by molar-refractivity contribution is 7.90. The minimum atomic E-state index is -3.46. The standard InChI is InChI=1S/C29H27F2N3O4S/c1-39(37,38)22-4-2-3-19(14-22)17-28(36)34-26(16-20-6-9-24(30)25(31)15-20)27(35)10-7-18-5-8-23-21(13-18)11-12-33-29(23)32/h2-6,8-9,11-15,26H,7,10,16-17H2,1H3,(H2,32,33)(H,34,36)/t26-/m0/s1. The number of benzene rings is 3. The Kier molecular flexibility index (Phi) is 8.35. The number of carbonyl (C=O) groups excluding carboxylic acids is 2. The summed E-state index contributed by atoms with van der Waals surface area (Å²) in [5, 5.41) is 4.39. The maximum atomic E-state index is 13.8. The van der Waals surface area contributed by atoms with Crippen molar-refractivity contribution in [1.82, 2.24) is 10.3 Å². The number of hydrogen-bond acceptors (Lipinski definition) is 6. The minimum absolute atomic E-state index is 0.0366. The number of nitrogens with one attached hydrogen (secondary N) is 1. The number of amides is 1. The van der Waals surface area contributed by atoms with Crippen molar-refractivity contribution in [2.75, 3.05) is 12.0 Å². The predicted molar refractivity (Wildman–Crippen MR) is 145 cm³/mol. The number of aryl methyl sites for hydroxylation is 1. The SMILES string of the molecule is CS(=O)(=O)c1cccc(CC(=O)N[C@@H](Cc2ccc(F)c(F)c2)C(=O)CCc2ccc3c(N)nccc3c2)c1. The van der Waals surface area contributed by atoms with Gasteiger partial charge in [0.1, 0.15) is 5.82 Å². The van der Waals surface area contributed by atoms with Gasteiger partial charge in [-0.25, -0.2) is 22.2 Å². The molecule has 10 heteroatoms. The Balaban J connectivity index is 1.50. The molecule has 1 heterocycles. The zero-order valence-electron chi connectivity index (χ0n) is 21.2. The van der Waals surface area contributed by atoms with Gasteiger partial charge in [0.05, 0.1) is 17.4 Å². The summed E-state index contributed by atoms with van der Waals surface area (Å²) in [7, 11) is -3.46. The second kappa shape index (κ2) is 11.7. The van der Waals surface area contributed by atoms with Crippen LogP contribution in [0.3, 0.4) is 0 Å². The van der Waals surface area contributed by atoms with Crippen LogP contribution < -0.4 is 11.1 Å². The first-order valence-electron chi connectivity index (χ1n) is 12.2. The van der Waals surface area contributed by atoms with E-state index in [2.05, 4.69) is 10.3 Å². The lowest BCUT2D eigenvalue weighted by atomic mass is 9.96. The Hall–Kier alpha value is -4.18. The third-order valence-corrected chi connectivity index (χ3v) is 7.47. The number of carbonyl (C=O) groups is 2. The van der Waals surface area contributed by atoms with Gasteiger partial charge in [0.25, 0.3) is 0 Å². The van der Waals surface area contributed by atoms with Gasteiger partial charge in [0.2, 0.25) is 5.91 Å². The van der Waals surface area contributed by atoms with E-state index in [0.29, 0.717) is 23.4 Å². The molecule has 0 bridgehead atoms. The zero-order chi connectivity index (χ0) is 28.2. The number of anilines is 1. The average Bonchev–Trinajstić information content (AvgIpc) is 2.88. The normalized spacial score (nSPS) is 12.3. The van der Waals surface area contributed by atoms with Gasteiger partial charge in [-0.1, -0.05) is 36.4 Å². The number of nitrogens with two attached hydrogens (primary N) is 1. The molecule has 0 aliphatic heterocycles. The first-order valence-corrected chi connectivity index (χ1v) is 14.1. The summed E-state index contributed by atoms with van der Waals surface area (Å²) < 4.78 is 51.0. The number of Topliss-reactive ketones (excluding diaryl/α,β-unsaturated/α-hetero) is 1. The van der Waals surface area contributed by atoms with Crippen molar-refractivity contribution in [3.05, 3.63) is 101 Å². The van der Waals surface area contributed by atoms with Gasteiger partial charge < -0.3 is 11.1 Å². The fraction of sp³-hybridized carbons (Fsp3) is 0.207. The number of fused-ring (bicyclic) bond motifs is 1. The van der Waals surface area contributed by atoms with Gasteiger partial charge >= 0.3 is 0 Å². The van der Waals surface area contributed by atoms with Gasteiger partial charge in [-0.05, 0) is 65.3 Å². The monoisotopic (exact) mass is 551 g/mol. The van der Waals surface area contributed by atoms with E-state index in [9.17, 15) is 26.8 Å². The lowest BCUT2D eigenvalue weighted by Gasteiger charge is -2.18. The van der Waals surface area contributed by atoms with E-state index in [4.69, 9.17) is 5.73 Å². The van der Waals surface area contributed by atoms with Gasteiger partial charge in [-0.15, -0.1) is 0 Å². The summed E-state index contributed by atoms with van der Waals surface area (Å²) in [6, 6.07) is 15.8. The highest BCUT2D eigenvalue weighted by atomic mass is 32.2. The smallest absolute Gasteiger partial charge is 0.225 e. The number of nitrogen functional groups attached to an aromatic ring is 1. The summed E-state index contributed by atoms with van der Waals surface area (Å²) in [5.41, 5.74) is 7.60. The molecule has 0 aliphatic carbocycles. The predicted octanol–water partition coefficient (Wildman–Crippen LogP) is 3.97. The molecule has 0 saturated heterocycles. The number of halogens is 2. The third kappa shape index (κ3) is 7.23. The zero-order valence-corrected chi connectivity index (χ0v) is 22.0. The van der Waals surface area contributed by atoms with E-state index < -0.39 is 33.4 Å². The van der Waals surface area contributed by atoms with E-state index in [1.165, 1.54) is 24.3 Å². The van der Waals surface area contributed by atoms with Crippen LogP contribution in [0.2, 0.25) is 0 Å². The molecule has 4 rings (SSSR count). The van der Waals surface area contributed by atoms with E-state index in [0.717, 1.165) is 34.7 Å². The molecule has 7 nitrogen and oxygen atoms in total. The molecule has 1 amide bonds. The molecule has 3 aromatic carbocycles. The van der Waals surface area contributed by atoms with Crippen molar-refractivity contribution in [1.29, 1.82) is 0 Å². The number of nitrogens with zero attached hydrogens (tertiary/aromatic N) is 1. The lowest BCUT2D eigenvalue weighted by molar-refractivity contribution is -0.127. The molecular formula is C29H27F2N3O4S. The van der Waals surface area contributed by atoms with Crippen LogP contribution in [0.25, 0.3) is 10.8 Å².